The van der Waals surface area contributed by atoms with Crippen LogP contribution in [0.2, 0.25) is 0 Å². The highest BCUT2D eigenvalue weighted by Crippen LogP contribution is 2.33. The van der Waals surface area contributed by atoms with Crippen LogP contribution in [-0.4, -0.2) is 45.0 Å². The van der Waals surface area contributed by atoms with Gasteiger partial charge < -0.3 is 19.7 Å². The number of aryl methyl sites for hydroxylation is 1. The van der Waals surface area contributed by atoms with E-state index in [1.807, 2.05) is 0 Å². The van der Waals surface area contributed by atoms with Crippen LogP contribution in [0.5, 0.6) is 0 Å². The van der Waals surface area contributed by atoms with E-state index in [2.05, 4.69) is 15.3 Å². The van der Waals surface area contributed by atoms with Gasteiger partial charge in [-0.3, -0.25) is 4.79 Å². The highest BCUT2D eigenvalue weighted by atomic mass is 19.4. The first-order valence-corrected chi connectivity index (χ1v) is 9.80. The number of aliphatic hydroxyl groups excluding tert-OH is 1. The van der Waals surface area contributed by atoms with Crippen LogP contribution in [0.3, 0.4) is 0 Å². The van der Waals surface area contributed by atoms with Crippen LogP contribution in [-0.2, 0) is 18.0 Å². The van der Waals surface area contributed by atoms with E-state index < -0.39 is 23.9 Å². The zero-order valence-electron chi connectivity index (χ0n) is 16.7. The number of nitrogens with one attached hydrogen (secondary N) is 1. The topological polar surface area (TPSA) is 89.3 Å². The first-order valence-electron chi connectivity index (χ1n) is 9.80. The molecule has 2 N–H and O–H groups in total. The Morgan fingerprint density at radius 3 is 2.68 bits per heavy atom. The van der Waals surface area contributed by atoms with Crippen molar-refractivity contribution in [3.05, 3.63) is 52.7 Å². The monoisotopic (exact) mass is 434 g/mol. The third-order valence-electron chi connectivity index (χ3n) is 5.34. The minimum atomic E-state index is -4.44. The quantitative estimate of drug-likeness (QED) is 0.659. The molecule has 3 heterocycles. The molecule has 7 nitrogen and oxygen atoms in total. The normalized spacial score (nSPS) is 19.9. The number of nitrogens with zero attached hydrogens (tertiary/aromatic N) is 3. The van der Waals surface area contributed by atoms with Crippen LogP contribution >= 0.6 is 0 Å². The van der Waals surface area contributed by atoms with Crippen LogP contribution in [0.4, 0.5) is 19.0 Å². The van der Waals surface area contributed by atoms with E-state index in [0.717, 1.165) is 18.6 Å². The van der Waals surface area contributed by atoms with Gasteiger partial charge in [0.05, 0.1) is 36.2 Å². The summed E-state index contributed by atoms with van der Waals surface area (Å²) in [6, 6.07) is 4.16. The van der Waals surface area contributed by atoms with Crippen LogP contribution in [0.15, 0.2) is 41.6 Å². The zero-order chi connectivity index (χ0) is 22.2. The third-order valence-corrected chi connectivity index (χ3v) is 5.34. The lowest BCUT2D eigenvalue weighted by molar-refractivity contribution is -0.137. The van der Waals surface area contributed by atoms with E-state index in [4.69, 9.17) is 4.74 Å². The Hall–Kier alpha value is -2.98. The Labute approximate surface area is 175 Å². The predicted molar refractivity (Wildman–Crippen MR) is 109 cm³/mol. The molecule has 2 aromatic heterocycles. The Morgan fingerprint density at radius 1 is 1.23 bits per heavy atom. The zero-order valence-corrected chi connectivity index (χ0v) is 16.7. The molecule has 31 heavy (non-hydrogen) atoms. The maximum Gasteiger partial charge on any atom is 0.416 e. The highest BCUT2D eigenvalue weighted by molar-refractivity contribution is 5.98. The standard InChI is InChI=1S/C21H21F3N4O3/c1-28-11-26-18-14(12-4-6-13(7-5-12)21(22,23)24)9-25-19(17(18)20(28)30)27-15-10-31-8-2-3-16(15)29/h4-7,9,11,15-16,29H,2-3,8,10H2,1H3,(H,25,27)/t15-,16-/m1/s1. The third kappa shape index (κ3) is 4.26. The molecule has 10 heteroatoms. The van der Waals surface area contributed by atoms with E-state index in [-0.39, 0.29) is 23.4 Å². The molecule has 1 saturated heterocycles. The summed E-state index contributed by atoms with van der Waals surface area (Å²) < 4.78 is 45.5. The molecule has 2 atom stereocenters. The second-order valence-electron chi connectivity index (χ2n) is 7.52. The van der Waals surface area contributed by atoms with Gasteiger partial charge in [0.25, 0.3) is 5.56 Å². The summed E-state index contributed by atoms with van der Waals surface area (Å²) in [6.07, 6.45) is -1.02. The SMILES string of the molecule is Cn1cnc2c(-c3ccc(C(F)(F)F)cc3)cnc(N[C@@H]3COCCC[C@H]3O)c2c1=O. The average molecular weight is 434 g/mol. The Bertz CT molecular complexity index is 1150. The highest BCUT2D eigenvalue weighted by Gasteiger charge is 2.30. The van der Waals surface area contributed by atoms with Gasteiger partial charge in [-0.25, -0.2) is 9.97 Å². The van der Waals surface area contributed by atoms with Gasteiger partial charge in [0.1, 0.15) is 11.2 Å². The van der Waals surface area contributed by atoms with Crippen LogP contribution in [0.1, 0.15) is 18.4 Å². The van der Waals surface area contributed by atoms with E-state index in [1.165, 1.54) is 29.2 Å². The molecule has 164 valence electrons. The Balaban J connectivity index is 1.80. The van der Waals surface area contributed by atoms with Crippen molar-refractivity contribution in [1.82, 2.24) is 14.5 Å². The van der Waals surface area contributed by atoms with Gasteiger partial charge in [-0.05, 0) is 30.5 Å². The molecule has 0 aliphatic carbocycles. The van der Waals surface area contributed by atoms with Crippen LogP contribution in [0.25, 0.3) is 22.0 Å². The molecule has 3 aromatic rings. The van der Waals surface area contributed by atoms with Crippen molar-refractivity contribution in [2.45, 2.75) is 31.2 Å². The molecule has 0 radical (unpaired) electrons. The van der Waals surface area contributed by atoms with Gasteiger partial charge >= 0.3 is 6.18 Å². The fourth-order valence-corrected chi connectivity index (χ4v) is 3.60. The van der Waals surface area contributed by atoms with Crippen molar-refractivity contribution in [2.24, 2.45) is 7.05 Å². The van der Waals surface area contributed by atoms with E-state index >= 15 is 0 Å². The average Bonchev–Trinajstić information content (AvgIpc) is 2.94. The maximum absolute atomic E-state index is 12.9. The minimum Gasteiger partial charge on any atom is -0.391 e. The molecule has 0 saturated carbocycles. The molecule has 1 aliphatic heterocycles. The van der Waals surface area contributed by atoms with Gasteiger partial charge in [-0.15, -0.1) is 0 Å². The fourth-order valence-electron chi connectivity index (χ4n) is 3.60. The van der Waals surface area contributed by atoms with Crippen molar-refractivity contribution in [3.63, 3.8) is 0 Å². The number of alkyl halides is 3. The predicted octanol–water partition coefficient (Wildman–Crippen LogP) is 2.97. The minimum absolute atomic E-state index is 0.193. The van der Waals surface area contributed by atoms with Crippen molar-refractivity contribution in [1.29, 1.82) is 0 Å². The summed E-state index contributed by atoms with van der Waals surface area (Å²) in [4.78, 5) is 21.6. The Kier molecular flexibility index (Phi) is 5.67. The lowest BCUT2D eigenvalue weighted by Crippen LogP contribution is -2.37. The van der Waals surface area contributed by atoms with Gasteiger partial charge in [0.15, 0.2) is 0 Å². The van der Waals surface area contributed by atoms with Gasteiger partial charge in [-0.2, -0.15) is 13.2 Å². The number of ether oxygens (including phenoxy) is 1. The molecule has 1 fully saturated rings. The summed E-state index contributed by atoms with van der Waals surface area (Å²) in [5.41, 5.74) is 0.0699. The first kappa shape index (κ1) is 21.3. The fraction of sp³-hybridized carbons (Fsp3) is 0.381. The number of rotatable bonds is 3. The molecular weight excluding hydrogens is 413 g/mol. The molecule has 0 bridgehead atoms. The molecule has 0 amide bonds. The van der Waals surface area contributed by atoms with Crippen molar-refractivity contribution < 1.29 is 23.0 Å². The summed E-state index contributed by atoms with van der Waals surface area (Å²) in [7, 11) is 1.55. The summed E-state index contributed by atoms with van der Waals surface area (Å²) >= 11 is 0. The molecular formula is C21H21F3N4O3. The van der Waals surface area contributed by atoms with Crippen molar-refractivity contribution in [2.75, 3.05) is 18.5 Å². The number of anilines is 1. The van der Waals surface area contributed by atoms with Gasteiger partial charge in [0.2, 0.25) is 0 Å². The number of halogens is 3. The second kappa shape index (κ2) is 8.27. The number of fused-ring (bicyclic) bond motifs is 1. The van der Waals surface area contributed by atoms with E-state index in [0.29, 0.717) is 29.7 Å². The summed E-state index contributed by atoms with van der Waals surface area (Å²) in [5, 5.41) is 13.7. The van der Waals surface area contributed by atoms with Crippen molar-refractivity contribution in [3.8, 4) is 11.1 Å². The van der Waals surface area contributed by atoms with Crippen molar-refractivity contribution >= 4 is 16.7 Å². The lowest BCUT2D eigenvalue weighted by atomic mass is 10.0. The van der Waals surface area contributed by atoms with E-state index in [1.54, 1.807) is 7.05 Å². The summed E-state index contributed by atoms with van der Waals surface area (Å²) in [5.74, 6) is 0.244. The van der Waals surface area contributed by atoms with Crippen LogP contribution < -0.4 is 10.9 Å². The number of hydrogen-bond donors (Lipinski definition) is 2. The largest absolute Gasteiger partial charge is 0.416 e. The molecule has 1 aromatic carbocycles. The number of hydrogen-bond acceptors (Lipinski definition) is 6. The number of pyridine rings is 1. The molecule has 1 aliphatic rings. The van der Waals surface area contributed by atoms with E-state index in [9.17, 15) is 23.1 Å². The maximum atomic E-state index is 12.9. The molecule has 0 spiro atoms. The van der Waals surface area contributed by atoms with Gasteiger partial charge in [-0.1, -0.05) is 12.1 Å². The number of benzene rings is 1. The lowest BCUT2D eigenvalue weighted by Gasteiger charge is -2.22. The number of aliphatic hydroxyl groups is 1. The first-order chi connectivity index (χ1) is 14.8. The smallest absolute Gasteiger partial charge is 0.391 e. The summed E-state index contributed by atoms with van der Waals surface area (Å²) in [6.45, 7) is 0.797. The number of aromatic nitrogens is 3. The molecule has 0 unspecified atom stereocenters. The van der Waals surface area contributed by atoms with Gasteiger partial charge in [0, 0.05) is 25.4 Å². The Morgan fingerprint density at radius 2 is 1.97 bits per heavy atom. The molecule has 4 rings (SSSR count). The van der Waals surface area contributed by atoms with Crippen LogP contribution in [0, 0.1) is 0 Å². The second-order valence-corrected chi connectivity index (χ2v) is 7.52.